The van der Waals surface area contributed by atoms with Gasteiger partial charge in [-0.05, 0) is 43.5 Å². The first kappa shape index (κ1) is 22.5. The van der Waals surface area contributed by atoms with E-state index in [9.17, 15) is 9.59 Å². The third kappa shape index (κ3) is 3.97. The van der Waals surface area contributed by atoms with Crippen molar-refractivity contribution in [1.82, 2.24) is 14.1 Å². The van der Waals surface area contributed by atoms with Crippen LogP contribution in [-0.4, -0.2) is 14.1 Å². The van der Waals surface area contributed by atoms with E-state index in [1.807, 2.05) is 69.3 Å². The van der Waals surface area contributed by atoms with Gasteiger partial charge in [0.1, 0.15) is 11.3 Å². The Morgan fingerprint density at radius 2 is 1.49 bits per heavy atom. The Kier molecular flexibility index (Phi) is 5.44. The predicted octanol–water partition coefficient (Wildman–Crippen LogP) is 5.62. The Bertz CT molecular complexity index is 1680. The van der Waals surface area contributed by atoms with Crippen molar-refractivity contribution in [1.29, 1.82) is 0 Å². The van der Waals surface area contributed by atoms with Crippen LogP contribution in [0.5, 0.6) is 11.5 Å². The fourth-order valence-corrected chi connectivity index (χ4v) is 4.40. The number of aromatic nitrogens is 3. The molecule has 0 spiro atoms. The molecule has 1 N–H and O–H groups in total. The lowest BCUT2D eigenvalue weighted by Crippen LogP contribution is -2.18. The average Bonchev–Trinajstić information content (AvgIpc) is 3.27. The summed E-state index contributed by atoms with van der Waals surface area (Å²) in [6.45, 7) is 6.03. The summed E-state index contributed by atoms with van der Waals surface area (Å²) >= 11 is 0. The van der Waals surface area contributed by atoms with Crippen LogP contribution in [0.25, 0.3) is 33.3 Å². The van der Waals surface area contributed by atoms with E-state index in [0.717, 1.165) is 44.6 Å². The molecule has 5 aromatic rings. The van der Waals surface area contributed by atoms with Crippen molar-refractivity contribution in [2.24, 2.45) is 14.1 Å². The molecule has 176 valence electrons. The number of para-hydroxylation sites is 1. The van der Waals surface area contributed by atoms with Crippen LogP contribution in [0, 0.1) is 20.8 Å². The van der Waals surface area contributed by atoms with E-state index >= 15 is 0 Å². The molecule has 0 saturated heterocycles. The number of rotatable bonds is 4. The minimum atomic E-state index is -0.162. The van der Waals surface area contributed by atoms with Gasteiger partial charge in [0.15, 0.2) is 5.75 Å². The number of fused-ring (bicyclic) bond motifs is 1. The van der Waals surface area contributed by atoms with Gasteiger partial charge in [0, 0.05) is 48.6 Å². The van der Waals surface area contributed by atoms with Gasteiger partial charge in [-0.25, -0.2) is 0 Å². The quantitative estimate of drug-likeness (QED) is 0.375. The first-order valence-electron chi connectivity index (χ1n) is 11.5. The highest BCUT2D eigenvalue weighted by Crippen LogP contribution is 2.38. The Morgan fingerprint density at radius 3 is 2.17 bits per heavy atom. The maximum atomic E-state index is 13.0. The third-order valence-electron chi connectivity index (χ3n) is 6.43. The van der Waals surface area contributed by atoms with Gasteiger partial charge in [0.25, 0.3) is 11.1 Å². The number of benzene rings is 2. The summed E-state index contributed by atoms with van der Waals surface area (Å²) in [6, 6.07) is 17.6. The lowest BCUT2D eigenvalue weighted by Gasteiger charge is -2.17. The molecule has 6 nitrogen and oxygen atoms in total. The van der Waals surface area contributed by atoms with Gasteiger partial charge < -0.3 is 18.9 Å². The van der Waals surface area contributed by atoms with Crippen LogP contribution < -0.4 is 15.9 Å². The Hall–Kier alpha value is -4.32. The molecule has 0 atom stereocenters. The summed E-state index contributed by atoms with van der Waals surface area (Å²) < 4.78 is 9.46. The summed E-state index contributed by atoms with van der Waals surface area (Å²) in [4.78, 5) is 29.1. The Morgan fingerprint density at radius 1 is 0.800 bits per heavy atom. The van der Waals surface area contributed by atoms with E-state index in [1.165, 1.54) is 9.13 Å². The minimum Gasteiger partial charge on any atom is -0.455 e. The second kappa shape index (κ2) is 8.47. The summed E-state index contributed by atoms with van der Waals surface area (Å²) in [5.74, 6) is 1.30. The van der Waals surface area contributed by atoms with Crippen LogP contribution in [0.1, 0.15) is 16.7 Å². The summed E-state index contributed by atoms with van der Waals surface area (Å²) in [5, 5.41) is 0.739. The zero-order valence-electron chi connectivity index (χ0n) is 20.5. The van der Waals surface area contributed by atoms with Crippen molar-refractivity contribution >= 4 is 10.9 Å². The Labute approximate surface area is 203 Å². The summed E-state index contributed by atoms with van der Waals surface area (Å²) in [5.41, 5.74) is 6.54. The van der Waals surface area contributed by atoms with E-state index in [0.29, 0.717) is 16.8 Å². The normalized spacial score (nSPS) is 11.2. The van der Waals surface area contributed by atoms with E-state index in [4.69, 9.17) is 4.74 Å². The molecule has 2 aromatic carbocycles. The molecule has 6 heteroatoms. The van der Waals surface area contributed by atoms with Gasteiger partial charge >= 0.3 is 0 Å². The molecule has 0 fully saturated rings. The second-order valence-electron chi connectivity index (χ2n) is 9.12. The van der Waals surface area contributed by atoms with Crippen LogP contribution in [0.2, 0.25) is 0 Å². The number of aryl methyl sites for hydroxylation is 5. The number of pyridine rings is 2. The molecule has 3 aromatic heterocycles. The van der Waals surface area contributed by atoms with Gasteiger partial charge in [-0.2, -0.15) is 0 Å². The van der Waals surface area contributed by atoms with Crippen LogP contribution >= 0.6 is 0 Å². The number of aromatic amines is 1. The molecule has 0 unspecified atom stereocenters. The monoisotopic (exact) mass is 465 g/mol. The third-order valence-corrected chi connectivity index (χ3v) is 6.43. The van der Waals surface area contributed by atoms with Crippen LogP contribution in [0.4, 0.5) is 0 Å². The van der Waals surface area contributed by atoms with Crippen LogP contribution in [-0.2, 0) is 14.1 Å². The van der Waals surface area contributed by atoms with Crippen molar-refractivity contribution in [2.75, 3.05) is 0 Å². The number of H-pyrrole nitrogens is 1. The van der Waals surface area contributed by atoms with Crippen molar-refractivity contribution in [3.63, 3.8) is 0 Å². The Balaban J connectivity index is 1.76. The van der Waals surface area contributed by atoms with Crippen LogP contribution in [0.3, 0.4) is 0 Å². The smallest absolute Gasteiger partial charge is 0.274 e. The van der Waals surface area contributed by atoms with Crippen molar-refractivity contribution in [3.8, 4) is 33.9 Å². The molecule has 0 aliphatic carbocycles. The molecule has 0 aliphatic rings. The summed E-state index contributed by atoms with van der Waals surface area (Å²) in [6.07, 6.45) is 3.47. The lowest BCUT2D eigenvalue weighted by molar-refractivity contribution is 0.470. The SMILES string of the molecule is Cc1ccc(-c2cc3c(-c4cc(=O)n(C)cc4Oc4c(C)cccc4C)cn(C)c(=O)c3[nH]2)cc1. The predicted molar refractivity (Wildman–Crippen MR) is 140 cm³/mol. The highest BCUT2D eigenvalue weighted by atomic mass is 16.5. The fraction of sp³-hybridized carbons (Fsp3) is 0.172. The first-order chi connectivity index (χ1) is 16.7. The molecule has 3 heterocycles. The van der Waals surface area contributed by atoms with Crippen molar-refractivity contribution in [3.05, 3.63) is 104 Å². The zero-order valence-corrected chi connectivity index (χ0v) is 20.5. The van der Waals surface area contributed by atoms with E-state index in [-0.39, 0.29) is 11.1 Å². The highest BCUT2D eigenvalue weighted by molar-refractivity contribution is 5.98. The second-order valence-corrected chi connectivity index (χ2v) is 9.12. The van der Waals surface area contributed by atoms with Crippen molar-refractivity contribution < 1.29 is 4.74 Å². The zero-order chi connectivity index (χ0) is 24.9. The number of hydrogen-bond donors (Lipinski definition) is 1. The molecular weight excluding hydrogens is 438 g/mol. The number of nitrogens with zero attached hydrogens (tertiary/aromatic N) is 2. The topological polar surface area (TPSA) is 69.0 Å². The van der Waals surface area contributed by atoms with Gasteiger partial charge in [-0.15, -0.1) is 0 Å². The van der Waals surface area contributed by atoms with Crippen LogP contribution in [0.15, 0.2) is 76.6 Å². The molecule has 5 rings (SSSR count). The number of nitrogens with one attached hydrogen (secondary N) is 1. The number of hydrogen-bond acceptors (Lipinski definition) is 3. The van der Waals surface area contributed by atoms with Gasteiger partial charge in [0.05, 0.1) is 6.20 Å². The maximum absolute atomic E-state index is 13.0. The molecule has 0 amide bonds. The molecule has 0 radical (unpaired) electrons. The molecule has 35 heavy (non-hydrogen) atoms. The van der Waals surface area contributed by atoms with Gasteiger partial charge in [-0.1, -0.05) is 48.0 Å². The summed E-state index contributed by atoms with van der Waals surface area (Å²) in [7, 11) is 3.41. The highest BCUT2D eigenvalue weighted by Gasteiger charge is 2.19. The average molecular weight is 466 g/mol. The largest absolute Gasteiger partial charge is 0.455 e. The first-order valence-corrected chi connectivity index (χ1v) is 11.5. The molecular formula is C29H27N3O3. The van der Waals surface area contributed by atoms with Gasteiger partial charge in [-0.3, -0.25) is 9.59 Å². The maximum Gasteiger partial charge on any atom is 0.274 e. The van der Waals surface area contributed by atoms with E-state index in [1.54, 1.807) is 32.6 Å². The van der Waals surface area contributed by atoms with E-state index < -0.39 is 0 Å². The molecule has 0 bridgehead atoms. The lowest BCUT2D eigenvalue weighted by atomic mass is 10.0. The van der Waals surface area contributed by atoms with E-state index in [2.05, 4.69) is 4.98 Å². The number of ether oxygens (including phenoxy) is 1. The fourth-order valence-electron chi connectivity index (χ4n) is 4.40. The molecule has 0 saturated carbocycles. The standard InChI is InChI=1S/C29H27N3O3/c1-17-9-11-20(12-10-17)24-13-22-23(15-32(5)29(34)27(22)30-24)21-14-26(33)31(4)16-25(21)35-28-18(2)7-6-8-19(28)3/h6-16,30H,1-5H3. The van der Waals surface area contributed by atoms with Gasteiger partial charge in [0.2, 0.25) is 0 Å². The van der Waals surface area contributed by atoms with Crippen molar-refractivity contribution in [2.45, 2.75) is 20.8 Å². The minimum absolute atomic E-state index is 0.136. The molecule has 0 aliphatic heterocycles.